The lowest BCUT2D eigenvalue weighted by Crippen LogP contribution is -2.76. The standard InChI is InChI=1S/C16H15ClN2O3/c1-11-3-2-4-14(9-11)21-10-15(20)22-19-16(18)12-5-7-13(17)8-6-12/h2-9H,10H2,1H3,(H2,18,19)/p+1. The maximum Gasteiger partial charge on any atom is 0.394 e. The highest BCUT2D eigenvalue weighted by atomic mass is 35.5. The van der Waals surface area contributed by atoms with E-state index < -0.39 is 5.97 Å². The Bertz CT molecular complexity index is 684. The van der Waals surface area contributed by atoms with Crippen LogP contribution in [0.4, 0.5) is 0 Å². The van der Waals surface area contributed by atoms with E-state index >= 15 is 0 Å². The van der Waals surface area contributed by atoms with Gasteiger partial charge in [0.1, 0.15) is 5.75 Å². The number of carbonyl (C=O) groups is 1. The number of rotatable bonds is 5. The third-order valence-corrected chi connectivity index (χ3v) is 3.03. The Hall–Kier alpha value is -2.53. The highest BCUT2D eigenvalue weighted by molar-refractivity contribution is 6.30. The number of amidine groups is 1. The fourth-order valence-corrected chi connectivity index (χ4v) is 1.80. The van der Waals surface area contributed by atoms with Gasteiger partial charge in [0.15, 0.2) is 6.61 Å². The van der Waals surface area contributed by atoms with E-state index in [1.54, 1.807) is 30.3 Å². The van der Waals surface area contributed by atoms with Crippen LogP contribution in [0.15, 0.2) is 48.5 Å². The number of benzene rings is 2. The molecule has 0 fully saturated rings. The lowest BCUT2D eigenvalue weighted by molar-refractivity contribution is -0.724. The first-order valence-electron chi connectivity index (χ1n) is 6.58. The number of ether oxygens (including phenoxy) is 1. The average molecular weight is 320 g/mol. The summed E-state index contributed by atoms with van der Waals surface area (Å²) in [6, 6.07) is 14.2. The van der Waals surface area contributed by atoms with Crippen LogP contribution in [-0.4, -0.2) is 18.4 Å². The zero-order valence-corrected chi connectivity index (χ0v) is 12.8. The highest BCUT2D eigenvalue weighted by Gasteiger charge is 2.09. The molecule has 0 aliphatic rings. The Balaban J connectivity index is 1.86. The van der Waals surface area contributed by atoms with E-state index in [-0.39, 0.29) is 12.4 Å². The molecule has 0 spiro atoms. The number of hydrogen-bond acceptors (Lipinski definition) is 3. The van der Waals surface area contributed by atoms with Crippen LogP contribution in [0.2, 0.25) is 5.02 Å². The zero-order valence-electron chi connectivity index (χ0n) is 12.0. The maximum atomic E-state index is 11.6. The van der Waals surface area contributed by atoms with Gasteiger partial charge in [-0.15, -0.1) is 0 Å². The molecule has 0 atom stereocenters. The van der Waals surface area contributed by atoms with Crippen molar-refractivity contribution in [3.8, 4) is 5.75 Å². The van der Waals surface area contributed by atoms with Crippen molar-refractivity contribution >= 4 is 23.4 Å². The van der Waals surface area contributed by atoms with Crippen LogP contribution < -0.4 is 15.6 Å². The molecule has 6 heteroatoms. The normalized spacial score (nSPS) is 11.1. The lowest BCUT2D eigenvalue weighted by Gasteiger charge is -2.04. The van der Waals surface area contributed by atoms with Crippen molar-refractivity contribution in [3.63, 3.8) is 0 Å². The molecule has 0 aliphatic carbocycles. The number of nitrogen functional groups attached to an aromatic ring is 1. The van der Waals surface area contributed by atoms with E-state index in [9.17, 15) is 4.79 Å². The van der Waals surface area contributed by atoms with E-state index in [4.69, 9.17) is 26.9 Å². The van der Waals surface area contributed by atoms with Gasteiger partial charge in [0.25, 0.3) is 0 Å². The molecule has 2 rings (SSSR count). The molecule has 3 N–H and O–H groups in total. The van der Waals surface area contributed by atoms with Crippen molar-refractivity contribution in [1.29, 1.82) is 0 Å². The van der Waals surface area contributed by atoms with Crippen LogP contribution >= 0.6 is 11.6 Å². The number of nitrogens with two attached hydrogens (primary N) is 1. The summed E-state index contributed by atoms with van der Waals surface area (Å²) in [6.07, 6.45) is 0. The van der Waals surface area contributed by atoms with Crippen LogP contribution in [0.25, 0.3) is 0 Å². The molecule has 0 unspecified atom stereocenters. The molecule has 0 saturated heterocycles. The zero-order chi connectivity index (χ0) is 15.9. The van der Waals surface area contributed by atoms with Crippen LogP contribution in [-0.2, 0) is 9.63 Å². The first kappa shape index (κ1) is 15.9. The SMILES string of the molecule is Cc1cccc(OCC(=O)O[NH+]=C(N)c2ccc(Cl)cc2)c1. The van der Waals surface area contributed by atoms with Crippen molar-refractivity contribution in [2.75, 3.05) is 6.61 Å². The predicted octanol–water partition coefficient (Wildman–Crippen LogP) is 0.972. The van der Waals surface area contributed by atoms with Gasteiger partial charge in [0, 0.05) is 5.02 Å². The maximum absolute atomic E-state index is 11.6. The minimum atomic E-state index is -0.585. The summed E-state index contributed by atoms with van der Waals surface area (Å²) in [5, 5.41) is 2.98. The van der Waals surface area contributed by atoms with Crippen molar-refractivity contribution in [1.82, 2.24) is 0 Å². The van der Waals surface area contributed by atoms with Gasteiger partial charge in [0.2, 0.25) is 0 Å². The van der Waals surface area contributed by atoms with Crippen molar-refractivity contribution in [2.24, 2.45) is 5.73 Å². The summed E-state index contributed by atoms with van der Waals surface area (Å²) in [4.78, 5) is 16.4. The minimum absolute atomic E-state index is 0.209. The van der Waals surface area contributed by atoms with E-state index in [1.807, 2.05) is 25.1 Å². The Morgan fingerprint density at radius 3 is 2.64 bits per heavy atom. The molecule has 22 heavy (non-hydrogen) atoms. The quantitative estimate of drug-likeness (QED) is 0.373. The van der Waals surface area contributed by atoms with Gasteiger partial charge < -0.3 is 4.74 Å². The summed E-state index contributed by atoms with van der Waals surface area (Å²) < 4.78 is 5.32. The summed E-state index contributed by atoms with van der Waals surface area (Å²) in [5.74, 6) is 0.227. The van der Waals surface area contributed by atoms with Crippen LogP contribution in [0, 0.1) is 6.92 Å². The van der Waals surface area contributed by atoms with Crippen LogP contribution in [0.3, 0.4) is 0 Å². The Morgan fingerprint density at radius 1 is 1.23 bits per heavy atom. The molecular weight excluding hydrogens is 304 g/mol. The lowest BCUT2D eigenvalue weighted by atomic mass is 10.2. The number of halogens is 1. The Morgan fingerprint density at radius 2 is 1.95 bits per heavy atom. The second-order valence-corrected chi connectivity index (χ2v) is 5.04. The second kappa shape index (κ2) is 7.47. The molecule has 2 aromatic carbocycles. The molecule has 0 heterocycles. The molecule has 0 aromatic heterocycles. The Kier molecular flexibility index (Phi) is 5.38. The van der Waals surface area contributed by atoms with Gasteiger partial charge >= 0.3 is 11.8 Å². The molecule has 114 valence electrons. The number of nitrogens with one attached hydrogen (secondary N) is 1. The number of carbonyl (C=O) groups excluding carboxylic acids is 1. The van der Waals surface area contributed by atoms with Gasteiger partial charge in [-0.25, -0.2) is 4.79 Å². The summed E-state index contributed by atoms with van der Waals surface area (Å²) in [6.45, 7) is 1.72. The van der Waals surface area contributed by atoms with E-state index in [0.717, 1.165) is 5.56 Å². The first-order chi connectivity index (χ1) is 10.5. The number of hydrogen-bond donors (Lipinski definition) is 2. The van der Waals surface area contributed by atoms with Crippen molar-refractivity contribution in [2.45, 2.75) is 6.92 Å². The average Bonchev–Trinajstić information content (AvgIpc) is 2.51. The van der Waals surface area contributed by atoms with E-state index in [2.05, 4.69) is 5.16 Å². The van der Waals surface area contributed by atoms with E-state index in [1.165, 1.54) is 0 Å². The molecule has 0 saturated carbocycles. The molecule has 0 bridgehead atoms. The molecule has 0 radical (unpaired) electrons. The predicted molar refractivity (Wildman–Crippen MR) is 83.5 cm³/mol. The first-order valence-corrected chi connectivity index (χ1v) is 6.96. The van der Waals surface area contributed by atoms with Gasteiger partial charge in [0.05, 0.1) is 5.56 Å². The van der Waals surface area contributed by atoms with Crippen LogP contribution in [0.5, 0.6) is 5.75 Å². The van der Waals surface area contributed by atoms with E-state index in [0.29, 0.717) is 16.3 Å². The van der Waals surface area contributed by atoms with Crippen molar-refractivity contribution < 1.29 is 19.5 Å². The molecule has 5 nitrogen and oxygen atoms in total. The van der Waals surface area contributed by atoms with Gasteiger partial charge in [-0.3, -0.25) is 10.6 Å². The smallest absolute Gasteiger partial charge is 0.394 e. The largest absolute Gasteiger partial charge is 0.482 e. The summed E-state index contributed by atoms with van der Waals surface area (Å²) in [5.41, 5.74) is 7.47. The second-order valence-electron chi connectivity index (χ2n) is 4.60. The van der Waals surface area contributed by atoms with Gasteiger partial charge in [-0.2, -0.15) is 0 Å². The fourth-order valence-electron chi connectivity index (χ4n) is 1.68. The number of aryl methyl sites for hydroxylation is 1. The summed E-state index contributed by atoms with van der Waals surface area (Å²) in [7, 11) is 0. The third-order valence-electron chi connectivity index (χ3n) is 2.78. The van der Waals surface area contributed by atoms with Crippen LogP contribution in [0.1, 0.15) is 11.1 Å². The summed E-state index contributed by atoms with van der Waals surface area (Å²) >= 11 is 5.78. The minimum Gasteiger partial charge on any atom is -0.482 e. The van der Waals surface area contributed by atoms with Crippen molar-refractivity contribution in [3.05, 3.63) is 64.7 Å². The fraction of sp³-hybridized carbons (Fsp3) is 0.125. The highest BCUT2D eigenvalue weighted by Crippen LogP contribution is 2.12. The molecule has 2 aromatic rings. The third kappa shape index (κ3) is 4.79. The molecular formula is C16H16ClN2O3+. The van der Waals surface area contributed by atoms with Gasteiger partial charge in [-0.05, 0) is 48.9 Å². The molecule has 0 amide bonds. The monoisotopic (exact) mass is 319 g/mol. The van der Waals surface area contributed by atoms with Gasteiger partial charge in [-0.1, -0.05) is 28.9 Å². The topological polar surface area (TPSA) is 75.5 Å². The molecule has 0 aliphatic heterocycles. The Labute approximate surface area is 133 Å².